The van der Waals surface area contributed by atoms with Gasteiger partial charge in [-0.2, -0.15) is 9.97 Å². The summed E-state index contributed by atoms with van der Waals surface area (Å²) in [7, 11) is 0. The fraction of sp³-hybridized carbons (Fsp3) is 0.643. The number of anilines is 2. The van der Waals surface area contributed by atoms with E-state index in [-0.39, 0.29) is 12.6 Å². The van der Waals surface area contributed by atoms with Crippen LogP contribution >= 0.6 is 0 Å². The Morgan fingerprint density at radius 1 is 1.29 bits per heavy atom. The van der Waals surface area contributed by atoms with E-state index in [4.69, 9.17) is 5.73 Å². The van der Waals surface area contributed by atoms with Crippen molar-refractivity contribution >= 4 is 22.9 Å². The van der Waals surface area contributed by atoms with E-state index in [1.54, 1.807) is 0 Å². The Bertz CT molecular complexity index is 665. The Labute approximate surface area is 122 Å². The highest BCUT2D eigenvalue weighted by Gasteiger charge is 2.28. The van der Waals surface area contributed by atoms with Crippen molar-refractivity contribution in [3.05, 3.63) is 6.33 Å². The zero-order valence-corrected chi connectivity index (χ0v) is 11.9. The molecule has 112 valence electrons. The van der Waals surface area contributed by atoms with Crippen molar-refractivity contribution in [3.8, 4) is 0 Å². The molecule has 0 aliphatic heterocycles. The monoisotopic (exact) mass is 288 g/mol. The molecule has 0 bridgehead atoms. The number of aliphatic hydroxyl groups is 1. The molecule has 21 heavy (non-hydrogen) atoms. The van der Waals surface area contributed by atoms with E-state index < -0.39 is 0 Å². The molecule has 0 saturated heterocycles. The number of imidazole rings is 1. The molecule has 0 radical (unpaired) electrons. The zero-order valence-electron chi connectivity index (χ0n) is 11.9. The van der Waals surface area contributed by atoms with Gasteiger partial charge in [0, 0.05) is 18.7 Å². The number of nitrogens with one attached hydrogen (secondary N) is 1. The number of aliphatic hydroxyl groups excluding tert-OH is 1. The van der Waals surface area contributed by atoms with Gasteiger partial charge in [0.25, 0.3) is 0 Å². The largest absolute Gasteiger partial charge is 0.396 e. The fourth-order valence-electron chi connectivity index (χ4n) is 3.19. The van der Waals surface area contributed by atoms with Crippen LogP contribution in [0, 0.1) is 5.92 Å². The number of nitrogens with zero attached hydrogens (tertiary/aromatic N) is 4. The van der Waals surface area contributed by atoms with Crippen LogP contribution in [0.2, 0.25) is 0 Å². The Kier molecular flexibility index (Phi) is 2.95. The van der Waals surface area contributed by atoms with Crippen LogP contribution in [0.4, 0.5) is 11.8 Å². The lowest BCUT2D eigenvalue weighted by atomic mass is 10.1. The highest BCUT2D eigenvalue weighted by Crippen LogP contribution is 2.36. The molecule has 1 unspecified atom stereocenters. The van der Waals surface area contributed by atoms with Crippen molar-refractivity contribution in [3.63, 3.8) is 0 Å². The molecule has 7 heteroatoms. The van der Waals surface area contributed by atoms with Gasteiger partial charge in [-0.15, -0.1) is 0 Å². The van der Waals surface area contributed by atoms with Gasteiger partial charge in [-0.1, -0.05) is 0 Å². The van der Waals surface area contributed by atoms with Crippen LogP contribution in [0.1, 0.15) is 38.1 Å². The van der Waals surface area contributed by atoms with Gasteiger partial charge in [0.1, 0.15) is 0 Å². The minimum absolute atomic E-state index is 0.259. The van der Waals surface area contributed by atoms with Gasteiger partial charge >= 0.3 is 0 Å². The van der Waals surface area contributed by atoms with E-state index in [0.29, 0.717) is 18.0 Å². The molecule has 2 atom stereocenters. The van der Waals surface area contributed by atoms with Crippen molar-refractivity contribution in [1.29, 1.82) is 0 Å². The predicted molar refractivity (Wildman–Crippen MR) is 79.8 cm³/mol. The molecular formula is C14H20N6O. The second-order valence-electron chi connectivity index (χ2n) is 6.19. The molecule has 4 rings (SSSR count). The fourth-order valence-corrected chi connectivity index (χ4v) is 3.19. The van der Waals surface area contributed by atoms with Crippen molar-refractivity contribution in [2.75, 3.05) is 17.7 Å². The van der Waals surface area contributed by atoms with Crippen molar-refractivity contribution in [1.82, 2.24) is 19.5 Å². The van der Waals surface area contributed by atoms with Gasteiger partial charge in [-0.3, -0.25) is 0 Å². The Morgan fingerprint density at radius 3 is 2.86 bits per heavy atom. The van der Waals surface area contributed by atoms with Crippen LogP contribution in [0.5, 0.6) is 0 Å². The third-order valence-electron chi connectivity index (χ3n) is 4.52. The second kappa shape index (κ2) is 4.84. The van der Waals surface area contributed by atoms with Crippen molar-refractivity contribution in [2.45, 2.75) is 44.2 Å². The van der Waals surface area contributed by atoms with Gasteiger partial charge in [0.15, 0.2) is 17.0 Å². The van der Waals surface area contributed by atoms with E-state index in [1.165, 1.54) is 12.8 Å². The molecule has 2 saturated carbocycles. The number of aromatic nitrogens is 4. The molecule has 0 spiro atoms. The summed E-state index contributed by atoms with van der Waals surface area (Å²) < 4.78 is 2.10. The van der Waals surface area contributed by atoms with Gasteiger partial charge < -0.3 is 20.7 Å². The van der Waals surface area contributed by atoms with Gasteiger partial charge in [0.05, 0.1) is 6.33 Å². The lowest BCUT2D eigenvalue weighted by Gasteiger charge is -2.13. The van der Waals surface area contributed by atoms with Crippen LogP contribution < -0.4 is 11.1 Å². The summed E-state index contributed by atoms with van der Waals surface area (Å²) in [6.45, 7) is 0.259. The SMILES string of the molecule is Nc1nc(NC2CC2)c2ncn([C@H]3CCC(CO)C3)c2n1. The second-order valence-corrected chi connectivity index (χ2v) is 6.19. The standard InChI is InChI=1S/C14H20N6O/c15-14-18-12(17-9-2-3-9)11-13(19-14)20(7-16-11)10-4-1-8(5-10)6-21/h7-10,21H,1-6H2,(H3,15,17,18,19)/t8?,10-/m0/s1. The Balaban J connectivity index is 1.71. The summed E-state index contributed by atoms with van der Waals surface area (Å²) >= 11 is 0. The maximum atomic E-state index is 9.31. The smallest absolute Gasteiger partial charge is 0.224 e. The number of nitrogen functional groups attached to an aromatic ring is 1. The Morgan fingerprint density at radius 2 is 2.14 bits per heavy atom. The molecule has 2 fully saturated rings. The predicted octanol–water partition coefficient (Wildman–Crippen LogP) is 1.32. The molecule has 2 aliphatic rings. The summed E-state index contributed by atoms with van der Waals surface area (Å²) in [5.74, 6) is 1.41. The first-order valence-electron chi connectivity index (χ1n) is 7.62. The van der Waals surface area contributed by atoms with Crippen molar-refractivity contribution in [2.24, 2.45) is 5.92 Å². The normalized spacial score (nSPS) is 25.6. The highest BCUT2D eigenvalue weighted by atomic mass is 16.3. The third kappa shape index (κ3) is 2.31. The number of nitrogens with two attached hydrogens (primary N) is 1. The first-order chi connectivity index (χ1) is 10.2. The van der Waals surface area contributed by atoms with E-state index in [0.717, 1.165) is 36.2 Å². The van der Waals surface area contributed by atoms with Crippen LogP contribution in [0.3, 0.4) is 0 Å². The van der Waals surface area contributed by atoms with Gasteiger partial charge in [0.2, 0.25) is 5.95 Å². The molecule has 0 amide bonds. The lowest BCUT2D eigenvalue weighted by molar-refractivity contribution is 0.226. The molecule has 2 aromatic heterocycles. The molecule has 2 aromatic rings. The average molecular weight is 288 g/mol. The molecule has 4 N–H and O–H groups in total. The summed E-state index contributed by atoms with van der Waals surface area (Å²) in [5.41, 5.74) is 7.45. The molecule has 7 nitrogen and oxygen atoms in total. The van der Waals surface area contributed by atoms with E-state index in [9.17, 15) is 5.11 Å². The molecular weight excluding hydrogens is 268 g/mol. The number of rotatable bonds is 4. The van der Waals surface area contributed by atoms with E-state index in [1.807, 2.05) is 6.33 Å². The first kappa shape index (κ1) is 12.8. The van der Waals surface area contributed by atoms with Crippen LogP contribution in [-0.2, 0) is 0 Å². The molecule has 2 heterocycles. The maximum Gasteiger partial charge on any atom is 0.224 e. The first-order valence-corrected chi connectivity index (χ1v) is 7.62. The van der Waals surface area contributed by atoms with Gasteiger partial charge in [-0.05, 0) is 38.0 Å². The van der Waals surface area contributed by atoms with E-state index >= 15 is 0 Å². The number of fused-ring (bicyclic) bond motifs is 1. The maximum absolute atomic E-state index is 9.31. The summed E-state index contributed by atoms with van der Waals surface area (Å²) in [6, 6.07) is 0.841. The average Bonchev–Trinajstić information content (AvgIpc) is 3.01. The van der Waals surface area contributed by atoms with Crippen LogP contribution in [-0.4, -0.2) is 37.3 Å². The summed E-state index contributed by atoms with van der Waals surface area (Å²) in [5, 5.41) is 12.7. The van der Waals surface area contributed by atoms with Gasteiger partial charge in [-0.25, -0.2) is 4.98 Å². The Hall–Kier alpha value is -1.89. The molecule has 2 aliphatic carbocycles. The number of hydrogen-bond acceptors (Lipinski definition) is 6. The zero-order chi connectivity index (χ0) is 14.4. The summed E-state index contributed by atoms with van der Waals surface area (Å²) in [6.07, 6.45) is 7.25. The lowest BCUT2D eigenvalue weighted by Crippen LogP contribution is -2.10. The quantitative estimate of drug-likeness (QED) is 0.784. The topological polar surface area (TPSA) is 102 Å². The van der Waals surface area contributed by atoms with Crippen LogP contribution in [0.15, 0.2) is 6.33 Å². The van der Waals surface area contributed by atoms with Crippen molar-refractivity contribution < 1.29 is 5.11 Å². The summed E-state index contributed by atoms with van der Waals surface area (Å²) in [4.78, 5) is 13.2. The number of hydrogen-bond donors (Lipinski definition) is 3. The van der Waals surface area contributed by atoms with Crippen LogP contribution in [0.25, 0.3) is 11.2 Å². The molecule has 0 aromatic carbocycles. The minimum atomic E-state index is 0.259. The third-order valence-corrected chi connectivity index (χ3v) is 4.52. The van der Waals surface area contributed by atoms with E-state index in [2.05, 4.69) is 24.8 Å². The highest BCUT2D eigenvalue weighted by molar-refractivity contribution is 5.84. The minimum Gasteiger partial charge on any atom is -0.396 e.